The fourth-order valence-electron chi connectivity index (χ4n) is 2.28. The van der Waals surface area contributed by atoms with Gasteiger partial charge in [0.1, 0.15) is 5.75 Å². The van der Waals surface area contributed by atoms with Crippen LogP contribution in [0.2, 0.25) is 5.02 Å². The van der Waals surface area contributed by atoms with Crippen molar-refractivity contribution in [2.24, 2.45) is 0 Å². The first-order chi connectivity index (χ1) is 11.0. The maximum atomic E-state index is 12.2. The van der Waals surface area contributed by atoms with Crippen molar-refractivity contribution in [3.63, 3.8) is 0 Å². The molecule has 5 nitrogen and oxygen atoms in total. The topological polar surface area (TPSA) is 67.4 Å². The monoisotopic (exact) mass is 330 g/mol. The second-order valence-electron chi connectivity index (χ2n) is 5.38. The van der Waals surface area contributed by atoms with E-state index < -0.39 is 0 Å². The fourth-order valence-corrected chi connectivity index (χ4v) is 2.49. The van der Waals surface area contributed by atoms with Gasteiger partial charge in [-0.15, -0.1) is 0 Å². The van der Waals surface area contributed by atoms with Crippen LogP contribution in [0.5, 0.6) is 5.75 Å². The van der Waals surface area contributed by atoms with Crippen LogP contribution in [0.15, 0.2) is 36.4 Å². The van der Waals surface area contributed by atoms with Crippen molar-refractivity contribution in [3.05, 3.63) is 52.5 Å². The van der Waals surface area contributed by atoms with Gasteiger partial charge in [0, 0.05) is 6.07 Å². The molecule has 2 aromatic carbocycles. The predicted molar refractivity (Wildman–Crippen MR) is 89.1 cm³/mol. The van der Waals surface area contributed by atoms with Gasteiger partial charge in [-0.1, -0.05) is 41.4 Å². The molecule has 0 spiro atoms. The van der Waals surface area contributed by atoms with Crippen molar-refractivity contribution in [2.45, 2.75) is 13.3 Å². The number of hydrogen-bond acceptors (Lipinski definition) is 3. The number of fused-ring (bicyclic) bond motifs is 1. The molecular weight excluding hydrogens is 316 g/mol. The molecule has 2 N–H and O–H groups in total. The minimum Gasteiger partial charge on any atom is -0.482 e. The number of rotatable bonds is 3. The summed E-state index contributed by atoms with van der Waals surface area (Å²) in [5, 5.41) is 5.78. The lowest BCUT2D eigenvalue weighted by Gasteiger charge is -2.19. The molecule has 2 aromatic rings. The summed E-state index contributed by atoms with van der Waals surface area (Å²) in [4.78, 5) is 23.4. The normalized spacial score (nSPS) is 12.9. The van der Waals surface area contributed by atoms with E-state index >= 15 is 0 Å². The molecule has 6 heteroatoms. The van der Waals surface area contributed by atoms with Crippen LogP contribution in [0.25, 0.3) is 0 Å². The summed E-state index contributed by atoms with van der Waals surface area (Å²) in [5.41, 5.74) is 3.03. The van der Waals surface area contributed by atoms with Crippen molar-refractivity contribution in [1.82, 2.24) is 0 Å². The van der Waals surface area contributed by atoms with E-state index in [2.05, 4.69) is 10.6 Å². The molecule has 118 valence electrons. The molecule has 0 aromatic heterocycles. The third-order valence-corrected chi connectivity index (χ3v) is 3.77. The standard InChI is InChI=1S/C17H15ClN2O3/c1-10-2-4-11(5-3-10)6-16(21)19-13-8-15-14(7-12(13)18)20-17(22)9-23-15/h2-5,7-8H,6,9H2,1H3,(H,19,21)(H,20,22). The third kappa shape index (κ3) is 3.63. The van der Waals surface area contributed by atoms with Crippen LogP contribution in [0, 0.1) is 6.92 Å². The highest BCUT2D eigenvalue weighted by molar-refractivity contribution is 6.34. The van der Waals surface area contributed by atoms with Crippen LogP contribution in [0.1, 0.15) is 11.1 Å². The van der Waals surface area contributed by atoms with E-state index in [1.807, 2.05) is 31.2 Å². The molecule has 1 aliphatic heterocycles. The Morgan fingerprint density at radius 3 is 2.78 bits per heavy atom. The predicted octanol–water partition coefficient (Wildman–Crippen LogP) is 3.16. The van der Waals surface area contributed by atoms with Gasteiger partial charge >= 0.3 is 0 Å². The lowest BCUT2D eigenvalue weighted by molar-refractivity contribution is -0.118. The fraction of sp³-hybridized carbons (Fsp3) is 0.176. The molecule has 1 heterocycles. The number of benzene rings is 2. The average Bonchev–Trinajstić information content (AvgIpc) is 2.50. The van der Waals surface area contributed by atoms with Gasteiger partial charge in [0.2, 0.25) is 5.91 Å². The van der Waals surface area contributed by atoms with Gasteiger partial charge in [-0.2, -0.15) is 0 Å². The third-order valence-electron chi connectivity index (χ3n) is 3.46. The summed E-state index contributed by atoms with van der Waals surface area (Å²) in [6, 6.07) is 10.9. The Kier molecular flexibility index (Phi) is 4.21. The molecule has 3 rings (SSSR count). The van der Waals surface area contributed by atoms with Gasteiger partial charge in [0.15, 0.2) is 6.61 Å². The van der Waals surface area contributed by atoms with Crippen LogP contribution >= 0.6 is 11.6 Å². The molecule has 2 amide bonds. The Balaban J connectivity index is 1.73. The van der Waals surface area contributed by atoms with Crippen LogP contribution < -0.4 is 15.4 Å². The first-order valence-electron chi connectivity index (χ1n) is 7.13. The van der Waals surface area contributed by atoms with Crippen LogP contribution in [0.3, 0.4) is 0 Å². The van der Waals surface area contributed by atoms with Crippen molar-refractivity contribution in [2.75, 3.05) is 17.2 Å². The summed E-state index contributed by atoms with van der Waals surface area (Å²) in [5.74, 6) is 0.0832. The molecule has 0 aliphatic carbocycles. The van der Waals surface area contributed by atoms with E-state index in [1.165, 1.54) is 0 Å². The molecule has 0 saturated carbocycles. The highest BCUT2D eigenvalue weighted by Crippen LogP contribution is 2.36. The van der Waals surface area contributed by atoms with Crippen molar-refractivity contribution < 1.29 is 14.3 Å². The number of carbonyl (C=O) groups excluding carboxylic acids is 2. The lowest BCUT2D eigenvalue weighted by Crippen LogP contribution is -2.25. The average molecular weight is 331 g/mol. The zero-order chi connectivity index (χ0) is 16.4. The smallest absolute Gasteiger partial charge is 0.262 e. The van der Waals surface area contributed by atoms with E-state index in [9.17, 15) is 9.59 Å². The van der Waals surface area contributed by atoms with Gasteiger partial charge in [-0.05, 0) is 18.6 Å². The zero-order valence-electron chi connectivity index (χ0n) is 12.5. The van der Waals surface area contributed by atoms with E-state index in [1.54, 1.807) is 12.1 Å². The number of halogens is 1. The summed E-state index contributed by atoms with van der Waals surface area (Å²) < 4.78 is 5.32. The summed E-state index contributed by atoms with van der Waals surface area (Å²) in [6.45, 7) is 1.95. The molecule has 0 saturated heterocycles. The zero-order valence-corrected chi connectivity index (χ0v) is 13.2. The second-order valence-corrected chi connectivity index (χ2v) is 5.78. The molecule has 0 unspecified atom stereocenters. The summed E-state index contributed by atoms with van der Waals surface area (Å²) >= 11 is 6.16. The largest absolute Gasteiger partial charge is 0.482 e. The Morgan fingerprint density at radius 2 is 2.04 bits per heavy atom. The maximum Gasteiger partial charge on any atom is 0.262 e. The molecule has 0 atom stereocenters. The molecule has 0 bridgehead atoms. The Morgan fingerprint density at radius 1 is 1.30 bits per heavy atom. The first kappa shape index (κ1) is 15.4. The number of hydrogen-bond donors (Lipinski definition) is 2. The van der Waals surface area contributed by atoms with Crippen LogP contribution in [-0.4, -0.2) is 18.4 Å². The molecule has 23 heavy (non-hydrogen) atoms. The SMILES string of the molecule is Cc1ccc(CC(=O)Nc2cc3c(cc2Cl)NC(=O)CO3)cc1. The number of anilines is 2. The lowest BCUT2D eigenvalue weighted by atomic mass is 10.1. The Hall–Kier alpha value is -2.53. The van der Waals surface area contributed by atoms with Gasteiger partial charge in [-0.25, -0.2) is 0 Å². The van der Waals surface area contributed by atoms with E-state index in [0.717, 1.165) is 11.1 Å². The van der Waals surface area contributed by atoms with E-state index in [4.69, 9.17) is 16.3 Å². The number of amides is 2. The van der Waals surface area contributed by atoms with Gasteiger partial charge in [-0.3, -0.25) is 9.59 Å². The Labute approximate surface area is 138 Å². The molecular formula is C17H15ClN2O3. The number of aryl methyl sites for hydroxylation is 1. The van der Waals surface area contributed by atoms with Crippen molar-refractivity contribution in [3.8, 4) is 5.75 Å². The Bertz CT molecular complexity index is 772. The van der Waals surface area contributed by atoms with Crippen molar-refractivity contribution >= 4 is 34.8 Å². The van der Waals surface area contributed by atoms with E-state index in [0.29, 0.717) is 22.1 Å². The minimum atomic E-state index is -0.232. The number of ether oxygens (including phenoxy) is 1. The highest BCUT2D eigenvalue weighted by Gasteiger charge is 2.19. The molecule has 1 aliphatic rings. The summed E-state index contributed by atoms with van der Waals surface area (Å²) in [6.07, 6.45) is 0.255. The second kappa shape index (κ2) is 6.30. The molecule has 0 radical (unpaired) electrons. The van der Waals surface area contributed by atoms with E-state index in [-0.39, 0.29) is 24.8 Å². The van der Waals surface area contributed by atoms with Gasteiger partial charge in [0.05, 0.1) is 22.8 Å². The van der Waals surface area contributed by atoms with Crippen molar-refractivity contribution in [1.29, 1.82) is 0 Å². The summed E-state index contributed by atoms with van der Waals surface area (Å²) in [7, 11) is 0. The number of carbonyl (C=O) groups is 2. The molecule has 0 fully saturated rings. The quantitative estimate of drug-likeness (QED) is 0.908. The number of nitrogens with one attached hydrogen (secondary N) is 2. The minimum absolute atomic E-state index is 0.0502. The highest BCUT2D eigenvalue weighted by atomic mass is 35.5. The maximum absolute atomic E-state index is 12.2. The van der Waals surface area contributed by atoms with Crippen LogP contribution in [0.4, 0.5) is 11.4 Å². The van der Waals surface area contributed by atoms with Gasteiger partial charge in [0.25, 0.3) is 5.91 Å². The first-order valence-corrected chi connectivity index (χ1v) is 7.50. The van der Waals surface area contributed by atoms with Crippen LogP contribution in [-0.2, 0) is 16.0 Å². The van der Waals surface area contributed by atoms with Gasteiger partial charge < -0.3 is 15.4 Å².